The van der Waals surface area contributed by atoms with Crippen molar-refractivity contribution in [2.75, 3.05) is 31.6 Å². The van der Waals surface area contributed by atoms with Gasteiger partial charge in [-0.1, -0.05) is 17.4 Å². The highest BCUT2D eigenvalue weighted by atomic mass is 32.2. The van der Waals surface area contributed by atoms with Crippen LogP contribution in [0, 0.1) is 5.92 Å². The first-order chi connectivity index (χ1) is 14.9. The van der Waals surface area contributed by atoms with Crippen molar-refractivity contribution in [1.82, 2.24) is 14.2 Å². The van der Waals surface area contributed by atoms with Crippen molar-refractivity contribution in [1.29, 1.82) is 0 Å². The van der Waals surface area contributed by atoms with Crippen molar-refractivity contribution >= 4 is 49.8 Å². The van der Waals surface area contributed by atoms with E-state index in [1.807, 2.05) is 0 Å². The normalized spacial score (nSPS) is 17.9. The lowest BCUT2D eigenvalue weighted by Gasteiger charge is -2.29. The topological polar surface area (TPSA) is 109 Å². The van der Waals surface area contributed by atoms with E-state index in [9.17, 15) is 18.0 Å². The van der Waals surface area contributed by atoms with Gasteiger partial charge in [-0.2, -0.15) is 4.31 Å². The van der Waals surface area contributed by atoms with E-state index in [0.717, 1.165) is 10.6 Å². The Morgan fingerprint density at radius 2 is 2.06 bits per heavy atom. The lowest BCUT2D eigenvalue weighted by Crippen LogP contribution is -2.41. The van der Waals surface area contributed by atoms with Gasteiger partial charge < -0.3 is 15.0 Å². The molecule has 0 atom stereocenters. The number of rotatable bonds is 5. The van der Waals surface area contributed by atoms with E-state index in [4.69, 9.17) is 4.74 Å². The summed E-state index contributed by atoms with van der Waals surface area (Å²) in [6.07, 6.45) is 1.23. The lowest BCUT2D eigenvalue weighted by atomic mass is 9.97. The molecule has 12 heteroatoms. The van der Waals surface area contributed by atoms with Crippen molar-refractivity contribution in [3.8, 4) is 0 Å². The van der Waals surface area contributed by atoms with E-state index < -0.39 is 10.0 Å². The quantitative estimate of drug-likeness (QED) is 0.699. The van der Waals surface area contributed by atoms with Gasteiger partial charge in [-0.25, -0.2) is 18.2 Å². The predicted octanol–water partition coefficient (Wildman–Crippen LogP) is 2.76. The Kier molecular flexibility index (Phi) is 6.60. The summed E-state index contributed by atoms with van der Waals surface area (Å²) in [5, 5.41) is 5.15. The molecular formula is C19H24N4O5S3. The molecule has 0 spiro atoms. The van der Waals surface area contributed by atoms with Crippen molar-refractivity contribution in [2.45, 2.75) is 36.9 Å². The standard InChI is InChI=1S/C19H24N4O5S3/c1-2-28-19(25)22-8-7-14-15(12-22)30-18(20-14)21-17(24)13-5-9-23(10-6-13)31(26,27)16-4-3-11-29-16/h3-4,11,13H,2,5-10,12H2,1H3,(H,20,21,24). The molecule has 0 radical (unpaired) electrons. The van der Waals surface area contributed by atoms with Gasteiger partial charge in [-0.3, -0.25) is 4.79 Å². The molecule has 4 heterocycles. The minimum absolute atomic E-state index is 0.137. The third kappa shape index (κ3) is 4.76. The third-order valence-corrected chi connectivity index (χ3v) is 9.67. The summed E-state index contributed by atoms with van der Waals surface area (Å²) >= 11 is 2.57. The van der Waals surface area contributed by atoms with Gasteiger partial charge in [0.25, 0.3) is 10.0 Å². The molecule has 2 aliphatic heterocycles. The third-order valence-electron chi connectivity index (χ3n) is 5.40. The van der Waals surface area contributed by atoms with Crippen LogP contribution in [0.4, 0.5) is 9.93 Å². The molecule has 168 valence electrons. The molecule has 2 aromatic heterocycles. The summed E-state index contributed by atoms with van der Waals surface area (Å²) < 4.78 is 32.1. The zero-order valence-corrected chi connectivity index (χ0v) is 19.5. The number of hydrogen-bond donors (Lipinski definition) is 1. The fraction of sp³-hybridized carbons (Fsp3) is 0.526. The van der Waals surface area contributed by atoms with Gasteiger partial charge in [-0.05, 0) is 31.2 Å². The molecule has 9 nitrogen and oxygen atoms in total. The Morgan fingerprint density at radius 1 is 1.29 bits per heavy atom. The maximum atomic E-state index is 12.7. The summed E-state index contributed by atoms with van der Waals surface area (Å²) in [6.45, 7) is 3.72. The van der Waals surface area contributed by atoms with Crippen molar-refractivity contribution in [2.24, 2.45) is 5.92 Å². The molecule has 0 aromatic carbocycles. The molecule has 2 amide bonds. The second-order valence-corrected chi connectivity index (χ2v) is 11.6. The molecule has 31 heavy (non-hydrogen) atoms. The molecule has 0 bridgehead atoms. The summed E-state index contributed by atoms with van der Waals surface area (Å²) in [5.41, 5.74) is 0.901. The zero-order chi connectivity index (χ0) is 22.0. The maximum Gasteiger partial charge on any atom is 0.410 e. The van der Waals surface area contributed by atoms with Gasteiger partial charge in [-0.15, -0.1) is 11.3 Å². The Morgan fingerprint density at radius 3 is 2.74 bits per heavy atom. The minimum Gasteiger partial charge on any atom is -0.450 e. The second kappa shape index (κ2) is 9.23. The first-order valence-corrected chi connectivity index (χ1v) is 13.3. The van der Waals surface area contributed by atoms with Gasteiger partial charge in [0.1, 0.15) is 4.21 Å². The van der Waals surface area contributed by atoms with Gasteiger partial charge >= 0.3 is 6.09 Å². The van der Waals surface area contributed by atoms with Crippen molar-refractivity contribution < 1.29 is 22.7 Å². The fourth-order valence-electron chi connectivity index (χ4n) is 3.72. The van der Waals surface area contributed by atoms with E-state index in [0.29, 0.717) is 61.4 Å². The first-order valence-electron chi connectivity index (χ1n) is 10.1. The SMILES string of the molecule is CCOC(=O)N1CCc2nc(NC(=O)C3CCN(S(=O)(=O)c4cccs4)CC3)sc2C1. The van der Waals surface area contributed by atoms with E-state index in [1.54, 1.807) is 29.3 Å². The Balaban J connectivity index is 1.33. The number of ether oxygens (including phenoxy) is 1. The van der Waals surface area contributed by atoms with Crippen LogP contribution in [0.1, 0.15) is 30.3 Å². The lowest BCUT2D eigenvalue weighted by molar-refractivity contribution is -0.120. The van der Waals surface area contributed by atoms with Crippen LogP contribution in [0.2, 0.25) is 0 Å². The van der Waals surface area contributed by atoms with Crippen LogP contribution in [0.5, 0.6) is 0 Å². The average Bonchev–Trinajstić information content (AvgIpc) is 3.43. The fourth-order valence-corrected chi connectivity index (χ4v) is 7.36. The van der Waals surface area contributed by atoms with Crippen LogP contribution in [-0.2, 0) is 32.5 Å². The van der Waals surface area contributed by atoms with Crippen LogP contribution in [-0.4, -0.2) is 60.8 Å². The number of thiazole rings is 1. The number of thiophene rings is 1. The minimum atomic E-state index is -3.48. The monoisotopic (exact) mass is 484 g/mol. The molecule has 1 fully saturated rings. The molecule has 2 aromatic rings. The summed E-state index contributed by atoms with van der Waals surface area (Å²) in [5.74, 6) is -0.395. The number of hydrogen-bond acceptors (Lipinski definition) is 8. The van der Waals surface area contributed by atoms with Crippen LogP contribution in [0.15, 0.2) is 21.7 Å². The summed E-state index contributed by atoms with van der Waals surface area (Å²) in [6, 6.07) is 3.32. The Hall–Kier alpha value is -2.02. The number of carbonyl (C=O) groups is 2. The van der Waals surface area contributed by atoms with Gasteiger partial charge in [0.2, 0.25) is 5.91 Å². The summed E-state index contributed by atoms with van der Waals surface area (Å²) in [4.78, 5) is 31.8. The van der Waals surface area contributed by atoms with Crippen LogP contribution < -0.4 is 5.32 Å². The van der Waals surface area contributed by atoms with Crippen LogP contribution in [0.3, 0.4) is 0 Å². The van der Waals surface area contributed by atoms with Crippen LogP contribution >= 0.6 is 22.7 Å². The molecule has 1 saturated heterocycles. The number of fused-ring (bicyclic) bond motifs is 1. The number of carbonyl (C=O) groups excluding carboxylic acids is 2. The second-order valence-electron chi connectivity index (χ2n) is 7.36. The van der Waals surface area contributed by atoms with Crippen molar-refractivity contribution in [3.05, 3.63) is 28.1 Å². The molecule has 1 N–H and O–H groups in total. The smallest absolute Gasteiger partial charge is 0.410 e. The molecule has 0 aliphatic carbocycles. The summed E-state index contributed by atoms with van der Waals surface area (Å²) in [7, 11) is -3.48. The van der Waals surface area contributed by atoms with E-state index in [1.165, 1.54) is 27.0 Å². The van der Waals surface area contributed by atoms with E-state index >= 15 is 0 Å². The largest absolute Gasteiger partial charge is 0.450 e. The van der Waals surface area contributed by atoms with E-state index in [2.05, 4.69) is 10.3 Å². The number of nitrogens with one attached hydrogen (secondary N) is 1. The number of piperidine rings is 1. The number of amides is 2. The number of aromatic nitrogens is 1. The number of nitrogens with zero attached hydrogens (tertiary/aromatic N) is 3. The Bertz CT molecular complexity index is 1040. The number of anilines is 1. The van der Waals surface area contributed by atoms with Crippen LogP contribution in [0.25, 0.3) is 0 Å². The van der Waals surface area contributed by atoms with Gasteiger partial charge in [0.15, 0.2) is 5.13 Å². The van der Waals surface area contributed by atoms with Gasteiger partial charge in [0.05, 0.1) is 18.8 Å². The first kappa shape index (κ1) is 22.2. The molecule has 0 saturated carbocycles. The highest BCUT2D eigenvalue weighted by molar-refractivity contribution is 7.91. The van der Waals surface area contributed by atoms with Gasteiger partial charge in [0, 0.05) is 36.9 Å². The molecular weight excluding hydrogens is 460 g/mol. The van der Waals surface area contributed by atoms with E-state index in [-0.39, 0.29) is 17.9 Å². The van der Waals surface area contributed by atoms with Crippen molar-refractivity contribution in [3.63, 3.8) is 0 Å². The Labute approximate surface area is 189 Å². The average molecular weight is 485 g/mol. The molecule has 4 rings (SSSR count). The maximum absolute atomic E-state index is 12.7. The predicted molar refractivity (Wildman–Crippen MR) is 118 cm³/mol. The molecule has 2 aliphatic rings. The zero-order valence-electron chi connectivity index (χ0n) is 17.1. The highest BCUT2D eigenvalue weighted by Gasteiger charge is 2.33. The molecule has 0 unspecified atom stereocenters. The number of sulfonamides is 1. The highest BCUT2D eigenvalue weighted by Crippen LogP contribution is 2.30.